The van der Waals surface area contributed by atoms with E-state index in [1.54, 1.807) is 4.31 Å². The summed E-state index contributed by atoms with van der Waals surface area (Å²) in [6.07, 6.45) is 2.60. The van der Waals surface area contributed by atoms with Crippen LogP contribution in [0.3, 0.4) is 0 Å². The fourth-order valence-corrected chi connectivity index (χ4v) is 3.43. The molecule has 1 aliphatic rings. The topological polar surface area (TPSA) is 63.4 Å². The van der Waals surface area contributed by atoms with Crippen LogP contribution in [0.1, 0.15) is 26.2 Å². The highest BCUT2D eigenvalue weighted by Crippen LogP contribution is 2.19. The van der Waals surface area contributed by atoms with Gasteiger partial charge in [0, 0.05) is 13.1 Å². The zero-order valence-corrected chi connectivity index (χ0v) is 9.59. The minimum Gasteiger partial charge on any atom is -0.330 e. The van der Waals surface area contributed by atoms with Crippen LogP contribution in [-0.4, -0.2) is 38.1 Å². The predicted octanol–water partition coefficient (Wildman–Crippen LogP) is 0.397. The highest BCUT2D eigenvalue weighted by atomic mass is 32.2. The maximum Gasteiger partial charge on any atom is 0.214 e. The molecule has 14 heavy (non-hydrogen) atoms. The molecule has 1 fully saturated rings. The van der Waals surface area contributed by atoms with Crippen LogP contribution in [0.15, 0.2) is 0 Å². The SMILES string of the molecule is CCCCS(=O)(=O)N1CC[C@@H](CN)C1. The second-order valence-corrected chi connectivity index (χ2v) is 6.01. The molecule has 0 bridgehead atoms. The first kappa shape index (κ1) is 11.9. The molecule has 0 aliphatic carbocycles. The van der Waals surface area contributed by atoms with Gasteiger partial charge < -0.3 is 5.73 Å². The first-order chi connectivity index (χ1) is 6.60. The van der Waals surface area contributed by atoms with Gasteiger partial charge in [-0.1, -0.05) is 13.3 Å². The number of hydrogen-bond acceptors (Lipinski definition) is 3. The molecule has 5 heteroatoms. The standard InChI is InChI=1S/C9H20N2O2S/c1-2-3-6-14(12,13)11-5-4-9(7-10)8-11/h9H,2-8,10H2,1H3/t9-/m0/s1. The largest absolute Gasteiger partial charge is 0.330 e. The monoisotopic (exact) mass is 220 g/mol. The Kier molecular flexibility index (Phi) is 4.34. The fourth-order valence-electron chi connectivity index (χ4n) is 1.70. The van der Waals surface area contributed by atoms with E-state index in [1.165, 1.54) is 0 Å². The van der Waals surface area contributed by atoms with Crippen LogP contribution in [0, 0.1) is 5.92 Å². The van der Waals surface area contributed by atoms with Crippen molar-refractivity contribution in [3.8, 4) is 0 Å². The second kappa shape index (κ2) is 5.09. The number of sulfonamides is 1. The molecule has 1 saturated heterocycles. The van der Waals surface area contributed by atoms with E-state index in [0.717, 1.165) is 19.3 Å². The van der Waals surface area contributed by atoms with Gasteiger partial charge in [-0.25, -0.2) is 12.7 Å². The lowest BCUT2D eigenvalue weighted by Crippen LogP contribution is -2.31. The Balaban J connectivity index is 2.49. The normalized spacial score (nSPS) is 24.3. The van der Waals surface area contributed by atoms with Gasteiger partial charge in [0.25, 0.3) is 0 Å². The average molecular weight is 220 g/mol. The number of rotatable bonds is 5. The van der Waals surface area contributed by atoms with Gasteiger partial charge >= 0.3 is 0 Å². The van der Waals surface area contributed by atoms with Crippen molar-refractivity contribution in [1.29, 1.82) is 0 Å². The molecule has 0 radical (unpaired) electrons. The maximum absolute atomic E-state index is 11.7. The Morgan fingerprint density at radius 2 is 2.21 bits per heavy atom. The zero-order chi connectivity index (χ0) is 10.6. The summed E-state index contributed by atoms with van der Waals surface area (Å²) in [5, 5.41) is 0. The van der Waals surface area contributed by atoms with Gasteiger partial charge in [-0.3, -0.25) is 0 Å². The van der Waals surface area contributed by atoms with Gasteiger partial charge in [0.15, 0.2) is 0 Å². The van der Waals surface area contributed by atoms with Gasteiger partial charge in [0.2, 0.25) is 10.0 Å². The molecule has 1 atom stereocenters. The van der Waals surface area contributed by atoms with Crippen molar-refractivity contribution in [1.82, 2.24) is 4.31 Å². The van der Waals surface area contributed by atoms with Gasteiger partial charge in [0.1, 0.15) is 0 Å². The molecule has 0 amide bonds. The van der Waals surface area contributed by atoms with Crippen LogP contribution in [0.5, 0.6) is 0 Å². The van der Waals surface area contributed by atoms with Crippen molar-refractivity contribution in [2.45, 2.75) is 26.2 Å². The quantitative estimate of drug-likeness (QED) is 0.729. The Hall–Kier alpha value is -0.130. The third-order valence-electron chi connectivity index (χ3n) is 2.73. The Morgan fingerprint density at radius 3 is 2.71 bits per heavy atom. The molecule has 0 spiro atoms. The molecular formula is C9H20N2O2S. The van der Waals surface area contributed by atoms with Gasteiger partial charge in [-0.15, -0.1) is 0 Å². The summed E-state index contributed by atoms with van der Waals surface area (Å²) in [6, 6.07) is 0. The maximum atomic E-state index is 11.7. The summed E-state index contributed by atoms with van der Waals surface area (Å²) < 4.78 is 25.1. The van der Waals surface area contributed by atoms with E-state index in [-0.39, 0.29) is 0 Å². The van der Waals surface area contributed by atoms with Crippen LogP contribution >= 0.6 is 0 Å². The molecule has 0 unspecified atom stereocenters. The van der Waals surface area contributed by atoms with Crippen LogP contribution in [0.2, 0.25) is 0 Å². The molecule has 1 rings (SSSR count). The van der Waals surface area contributed by atoms with Gasteiger partial charge in [0.05, 0.1) is 5.75 Å². The van der Waals surface area contributed by atoms with Crippen LogP contribution in [-0.2, 0) is 10.0 Å². The van der Waals surface area contributed by atoms with E-state index in [1.807, 2.05) is 6.92 Å². The summed E-state index contributed by atoms with van der Waals surface area (Å²) >= 11 is 0. The summed E-state index contributed by atoms with van der Waals surface area (Å²) in [6.45, 7) is 3.89. The Morgan fingerprint density at radius 1 is 1.50 bits per heavy atom. The summed E-state index contributed by atoms with van der Waals surface area (Å²) in [5.74, 6) is 0.659. The van der Waals surface area contributed by atoms with E-state index in [4.69, 9.17) is 5.73 Å². The highest BCUT2D eigenvalue weighted by Gasteiger charge is 2.29. The van der Waals surface area contributed by atoms with Crippen LogP contribution in [0.4, 0.5) is 0 Å². The number of hydrogen-bond donors (Lipinski definition) is 1. The fraction of sp³-hybridized carbons (Fsp3) is 1.00. The molecule has 4 nitrogen and oxygen atoms in total. The first-order valence-corrected chi connectivity index (χ1v) is 6.89. The third-order valence-corrected chi connectivity index (χ3v) is 4.65. The minimum absolute atomic E-state index is 0.292. The predicted molar refractivity (Wildman–Crippen MR) is 57.4 cm³/mol. The number of nitrogens with two attached hydrogens (primary N) is 1. The molecule has 1 aliphatic heterocycles. The van der Waals surface area contributed by atoms with Crippen molar-refractivity contribution in [2.24, 2.45) is 11.7 Å². The van der Waals surface area contributed by atoms with Gasteiger partial charge in [-0.05, 0) is 25.3 Å². The summed E-state index contributed by atoms with van der Waals surface area (Å²) in [5.41, 5.74) is 5.52. The summed E-state index contributed by atoms with van der Waals surface area (Å²) in [4.78, 5) is 0. The molecule has 2 N–H and O–H groups in total. The lowest BCUT2D eigenvalue weighted by Gasteiger charge is -2.15. The smallest absolute Gasteiger partial charge is 0.214 e. The minimum atomic E-state index is -2.99. The van der Waals surface area contributed by atoms with Crippen molar-refractivity contribution in [3.63, 3.8) is 0 Å². The van der Waals surface area contributed by atoms with E-state index >= 15 is 0 Å². The van der Waals surface area contributed by atoms with Crippen molar-refractivity contribution in [2.75, 3.05) is 25.4 Å². The second-order valence-electron chi connectivity index (χ2n) is 3.92. The molecule has 0 aromatic rings. The Bertz CT molecular complexity index is 264. The highest BCUT2D eigenvalue weighted by molar-refractivity contribution is 7.89. The lowest BCUT2D eigenvalue weighted by molar-refractivity contribution is 0.457. The van der Waals surface area contributed by atoms with Crippen LogP contribution < -0.4 is 5.73 Å². The van der Waals surface area contributed by atoms with Crippen LogP contribution in [0.25, 0.3) is 0 Å². The van der Waals surface area contributed by atoms with Crippen molar-refractivity contribution in [3.05, 3.63) is 0 Å². The van der Waals surface area contributed by atoms with E-state index in [2.05, 4.69) is 0 Å². The summed E-state index contributed by atoms with van der Waals surface area (Å²) in [7, 11) is -2.99. The van der Waals surface area contributed by atoms with E-state index < -0.39 is 10.0 Å². The molecule has 0 aromatic heterocycles. The third kappa shape index (κ3) is 2.93. The van der Waals surface area contributed by atoms with E-state index in [9.17, 15) is 8.42 Å². The van der Waals surface area contributed by atoms with Gasteiger partial charge in [-0.2, -0.15) is 0 Å². The molecular weight excluding hydrogens is 200 g/mol. The molecule has 84 valence electrons. The zero-order valence-electron chi connectivity index (χ0n) is 8.78. The molecule has 0 saturated carbocycles. The molecule has 0 aromatic carbocycles. The molecule has 1 heterocycles. The number of nitrogens with zero attached hydrogens (tertiary/aromatic N) is 1. The van der Waals surface area contributed by atoms with Crippen molar-refractivity contribution < 1.29 is 8.42 Å². The average Bonchev–Trinajstić information content (AvgIpc) is 2.63. The van der Waals surface area contributed by atoms with Crippen molar-refractivity contribution >= 4 is 10.0 Å². The lowest BCUT2D eigenvalue weighted by atomic mass is 10.1. The van der Waals surface area contributed by atoms with E-state index in [0.29, 0.717) is 31.3 Å². The number of unbranched alkanes of at least 4 members (excludes halogenated alkanes) is 1. The first-order valence-electron chi connectivity index (χ1n) is 5.28. The Labute approximate surface area is 86.5 Å².